The first-order chi connectivity index (χ1) is 10.0. The molecule has 2 aromatic rings. The first-order valence-electron chi connectivity index (χ1n) is 6.81. The van der Waals surface area contributed by atoms with Crippen molar-refractivity contribution >= 4 is 33.3 Å². The van der Waals surface area contributed by atoms with Crippen molar-refractivity contribution in [2.45, 2.75) is 13.8 Å². The molecular formula is C16H18BrN3O. The van der Waals surface area contributed by atoms with E-state index < -0.39 is 0 Å². The molecule has 0 fully saturated rings. The summed E-state index contributed by atoms with van der Waals surface area (Å²) in [7, 11) is 0. The number of nitrogens with one attached hydrogen (secondary N) is 2. The molecular weight excluding hydrogens is 330 g/mol. The lowest BCUT2D eigenvalue weighted by atomic mass is 10.2. The number of hydrogen-bond acceptors (Lipinski definition) is 3. The Hall–Kier alpha value is -1.88. The summed E-state index contributed by atoms with van der Waals surface area (Å²) in [5.74, 6) is 0.942. The van der Waals surface area contributed by atoms with Gasteiger partial charge in [-0.05, 0) is 42.3 Å². The van der Waals surface area contributed by atoms with Crippen molar-refractivity contribution in [2.75, 3.05) is 17.2 Å². The van der Waals surface area contributed by atoms with Gasteiger partial charge in [-0.15, -0.1) is 0 Å². The van der Waals surface area contributed by atoms with Gasteiger partial charge in [0, 0.05) is 16.6 Å². The SMILES string of the molecule is CC(C)CNc1ccc(NC(=O)c2ccc(Br)cc2)nc1. The van der Waals surface area contributed by atoms with Crippen LogP contribution in [-0.2, 0) is 0 Å². The number of hydrogen-bond donors (Lipinski definition) is 2. The second kappa shape index (κ2) is 7.22. The maximum Gasteiger partial charge on any atom is 0.256 e. The Kier molecular flexibility index (Phi) is 5.33. The van der Waals surface area contributed by atoms with Crippen LogP contribution in [0.3, 0.4) is 0 Å². The summed E-state index contributed by atoms with van der Waals surface area (Å²) in [5, 5.41) is 6.06. The van der Waals surface area contributed by atoms with Crippen LogP contribution in [0, 0.1) is 5.92 Å². The van der Waals surface area contributed by atoms with Crippen LogP contribution in [-0.4, -0.2) is 17.4 Å². The summed E-state index contributed by atoms with van der Waals surface area (Å²) in [6.45, 7) is 5.19. The van der Waals surface area contributed by atoms with Crippen molar-refractivity contribution in [2.24, 2.45) is 5.92 Å². The average molecular weight is 348 g/mol. The second-order valence-corrected chi connectivity index (χ2v) is 6.08. The van der Waals surface area contributed by atoms with E-state index in [-0.39, 0.29) is 5.91 Å². The number of nitrogens with zero attached hydrogens (tertiary/aromatic N) is 1. The second-order valence-electron chi connectivity index (χ2n) is 5.17. The van der Waals surface area contributed by atoms with Gasteiger partial charge in [0.2, 0.25) is 0 Å². The van der Waals surface area contributed by atoms with Crippen LogP contribution in [0.4, 0.5) is 11.5 Å². The molecule has 1 aromatic heterocycles. The third kappa shape index (κ3) is 4.86. The predicted octanol–water partition coefficient (Wildman–Crippen LogP) is 4.16. The maximum atomic E-state index is 12.0. The number of pyridine rings is 1. The molecule has 1 aromatic carbocycles. The van der Waals surface area contributed by atoms with Gasteiger partial charge < -0.3 is 10.6 Å². The third-order valence-corrected chi connectivity index (χ3v) is 3.35. The van der Waals surface area contributed by atoms with Gasteiger partial charge in [-0.2, -0.15) is 0 Å². The van der Waals surface area contributed by atoms with Crippen LogP contribution in [0.1, 0.15) is 24.2 Å². The number of anilines is 2. The first-order valence-corrected chi connectivity index (χ1v) is 7.61. The van der Waals surface area contributed by atoms with E-state index >= 15 is 0 Å². The van der Waals surface area contributed by atoms with Crippen molar-refractivity contribution in [3.8, 4) is 0 Å². The van der Waals surface area contributed by atoms with Crippen molar-refractivity contribution in [1.82, 2.24) is 4.98 Å². The molecule has 0 unspecified atom stereocenters. The number of carbonyl (C=O) groups excluding carboxylic acids is 1. The number of halogens is 1. The number of benzene rings is 1. The van der Waals surface area contributed by atoms with Crippen LogP contribution in [0.25, 0.3) is 0 Å². The highest BCUT2D eigenvalue weighted by Crippen LogP contribution is 2.14. The van der Waals surface area contributed by atoms with E-state index in [2.05, 4.69) is 45.4 Å². The summed E-state index contributed by atoms with van der Waals surface area (Å²) < 4.78 is 0.942. The van der Waals surface area contributed by atoms with Gasteiger partial charge in [-0.1, -0.05) is 29.8 Å². The molecule has 0 spiro atoms. The Morgan fingerprint density at radius 1 is 1.19 bits per heavy atom. The fraction of sp³-hybridized carbons (Fsp3) is 0.250. The van der Waals surface area contributed by atoms with Gasteiger partial charge in [0.15, 0.2) is 0 Å². The lowest BCUT2D eigenvalue weighted by Crippen LogP contribution is -2.13. The van der Waals surface area contributed by atoms with E-state index in [9.17, 15) is 4.79 Å². The van der Waals surface area contributed by atoms with Gasteiger partial charge in [0.25, 0.3) is 5.91 Å². The summed E-state index contributed by atoms with van der Waals surface area (Å²) in [4.78, 5) is 16.3. The molecule has 0 aliphatic carbocycles. The van der Waals surface area contributed by atoms with E-state index in [1.165, 1.54) is 0 Å². The van der Waals surface area contributed by atoms with E-state index in [1.54, 1.807) is 24.4 Å². The topological polar surface area (TPSA) is 54.0 Å². The van der Waals surface area contributed by atoms with E-state index in [4.69, 9.17) is 0 Å². The van der Waals surface area contributed by atoms with Crippen LogP contribution < -0.4 is 10.6 Å². The Bertz CT molecular complexity index is 594. The Morgan fingerprint density at radius 3 is 2.48 bits per heavy atom. The Morgan fingerprint density at radius 2 is 1.90 bits per heavy atom. The zero-order valence-corrected chi connectivity index (χ0v) is 13.6. The normalized spacial score (nSPS) is 10.5. The first kappa shape index (κ1) is 15.5. The van der Waals surface area contributed by atoms with Crippen LogP contribution in [0.15, 0.2) is 47.1 Å². The molecule has 2 N–H and O–H groups in total. The zero-order chi connectivity index (χ0) is 15.2. The zero-order valence-electron chi connectivity index (χ0n) is 12.1. The maximum absolute atomic E-state index is 12.0. The summed E-state index contributed by atoms with van der Waals surface area (Å²) >= 11 is 3.34. The molecule has 0 aliphatic heterocycles. The molecule has 1 amide bonds. The molecule has 0 radical (unpaired) electrons. The van der Waals surface area contributed by atoms with Crippen LogP contribution in [0.5, 0.6) is 0 Å². The minimum Gasteiger partial charge on any atom is -0.384 e. The summed E-state index contributed by atoms with van der Waals surface area (Å²) in [6, 6.07) is 10.9. The van der Waals surface area contributed by atoms with Gasteiger partial charge in [0.05, 0.1) is 11.9 Å². The lowest BCUT2D eigenvalue weighted by molar-refractivity contribution is 0.102. The quantitative estimate of drug-likeness (QED) is 0.853. The molecule has 0 saturated heterocycles. The van der Waals surface area contributed by atoms with Gasteiger partial charge in [-0.25, -0.2) is 4.98 Å². The number of aromatic nitrogens is 1. The molecule has 0 bridgehead atoms. The molecule has 0 atom stereocenters. The minimum absolute atomic E-state index is 0.169. The summed E-state index contributed by atoms with van der Waals surface area (Å²) in [5.41, 5.74) is 1.55. The third-order valence-electron chi connectivity index (χ3n) is 2.83. The molecule has 0 saturated carbocycles. The lowest BCUT2D eigenvalue weighted by Gasteiger charge is -2.09. The van der Waals surface area contributed by atoms with Gasteiger partial charge in [0.1, 0.15) is 5.82 Å². The van der Waals surface area contributed by atoms with Crippen LogP contribution in [0.2, 0.25) is 0 Å². The summed E-state index contributed by atoms with van der Waals surface area (Å²) in [6.07, 6.45) is 1.72. The van der Waals surface area contributed by atoms with E-state index in [1.807, 2.05) is 18.2 Å². The number of carbonyl (C=O) groups is 1. The Balaban J connectivity index is 1.96. The number of rotatable bonds is 5. The molecule has 1 heterocycles. The van der Waals surface area contributed by atoms with Crippen LogP contribution >= 0.6 is 15.9 Å². The fourth-order valence-corrected chi connectivity index (χ4v) is 1.95. The molecule has 2 rings (SSSR count). The fourth-order valence-electron chi connectivity index (χ4n) is 1.68. The molecule has 110 valence electrons. The Labute approximate surface area is 133 Å². The largest absolute Gasteiger partial charge is 0.384 e. The average Bonchev–Trinajstić information content (AvgIpc) is 2.47. The highest BCUT2D eigenvalue weighted by atomic mass is 79.9. The minimum atomic E-state index is -0.169. The monoisotopic (exact) mass is 347 g/mol. The highest BCUT2D eigenvalue weighted by Gasteiger charge is 2.06. The molecule has 21 heavy (non-hydrogen) atoms. The van der Waals surface area contributed by atoms with Crippen molar-refractivity contribution < 1.29 is 4.79 Å². The predicted molar refractivity (Wildman–Crippen MR) is 89.7 cm³/mol. The molecule has 0 aliphatic rings. The van der Waals surface area contributed by atoms with Gasteiger partial charge >= 0.3 is 0 Å². The molecule has 4 nitrogen and oxygen atoms in total. The van der Waals surface area contributed by atoms with Gasteiger partial charge in [-0.3, -0.25) is 4.79 Å². The molecule has 5 heteroatoms. The standard InChI is InChI=1S/C16H18BrN3O/c1-11(2)9-18-14-7-8-15(19-10-14)20-16(21)12-3-5-13(17)6-4-12/h3-8,10-11,18H,9H2,1-2H3,(H,19,20,21). The van der Waals surface area contributed by atoms with Crippen molar-refractivity contribution in [3.63, 3.8) is 0 Å². The highest BCUT2D eigenvalue weighted by molar-refractivity contribution is 9.10. The van der Waals surface area contributed by atoms with E-state index in [0.29, 0.717) is 17.3 Å². The van der Waals surface area contributed by atoms with E-state index in [0.717, 1.165) is 16.7 Å². The van der Waals surface area contributed by atoms with Crippen molar-refractivity contribution in [3.05, 3.63) is 52.6 Å². The van der Waals surface area contributed by atoms with Crippen molar-refractivity contribution in [1.29, 1.82) is 0 Å². The smallest absolute Gasteiger partial charge is 0.256 e. The number of amides is 1.